The molecule has 0 unspecified atom stereocenters. The normalized spacial score (nSPS) is 18.1. The van der Waals surface area contributed by atoms with E-state index in [9.17, 15) is 18.0 Å². The lowest BCUT2D eigenvalue weighted by Crippen LogP contribution is -2.25. The van der Waals surface area contributed by atoms with E-state index in [1.165, 1.54) is 12.1 Å². The van der Waals surface area contributed by atoms with Gasteiger partial charge in [-0.15, -0.1) is 0 Å². The maximum Gasteiger partial charge on any atom is 0.314 e. The summed E-state index contributed by atoms with van der Waals surface area (Å²) >= 11 is 0. The molecule has 3 aromatic carbocycles. The van der Waals surface area contributed by atoms with E-state index in [0.29, 0.717) is 49.2 Å². The Morgan fingerprint density at radius 3 is 2.30 bits per heavy atom. The molecule has 0 heterocycles. The van der Waals surface area contributed by atoms with Gasteiger partial charge < -0.3 is 9.47 Å². The van der Waals surface area contributed by atoms with Gasteiger partial charge in [0.15, 0.2) is 23.2 Å². The summed E-state index contributed by atoms with van der Waals surface area (Å²) in [5.41, 5.74) is 1.18. The Bertz CT molecular complexity index is 1120. The predicted molar refractivity (Wildman–Crippen MR) is 120 cm³/mol. The molecule has 4 rings (SSSR count). The van der Waals surface area contributed by atoms with Crippen molar-refractivity contribution in [2.24, 2.45) is 5.92 Å². The molecule has 0 aromatic heterocycles. The second-order valence-electron chi connectivity index (χ2n) is 8.19. The first-order chi connectivity index (χ1) is 16.0. The number of esters is 1. The van der Waals surface area contributed by atoms with E-state index in [4.69, 9.17) is 9.47 Å². The van der Waals surface area contributed by atoms with Crippen LogP contribution >= 0.6 is 0 Å². The van der Waals surface area contributed by atoms with Gasteiger partial charge >= 0.3 is 5.97 Å². The lowest BCUT2D eigenvalue weighted by atomic mass is 9.78. The molecule has 0 aliphatic heterocycles. The van der Waals surface area contributed by atoms with Gasteiger partial charge in [0.2, 0.25) is 0 Å². The van der Waals surface area contributed by atoms with Gasteiger partial charge in [0.1, 0.15) is 5.75 Å². The first-order valence-corrected chi connectivity index (χ1v) is 11.1. The first kappa shape index (κ1) is 22.9. The van der Waals surface area contributed by atoms with Gasteiger partial charge in [-0.05, 0) is 61.8 Å². The maximum atomic E-state index is 14.9. The van der Waals surface area contributed by atoms with Crippen molar-refractivity contribution >= 4 is 5.97 Å². The topological polar surface area (TPSA) is 35.5 Å². The summed E-state index contributed by atoms with van der Waals surface area (Å²) in [6.45, 7) is 2.20. The number of hydrogen-bond acceptors (Lipinski definition) is 3. The Labute approximate surface area is 191 Å². The van der Waals surface area contributed by atoms with Crippen LogP contribution < -0.4 is 9.47 Å². The van der Waals surface area contributed by atoms with E-state index in [-0.39, 0.29) is 17.2 Å². The van der Waals surface area contributed by atoms with Gasteiger partial charge in [-0.3, -0.25) is 4.79 Å². The highest BCUT2D eigenvalue weighted by Crippen LogP contribution is 2.39. The largest absolute Gasteiger partial charge is 0.494 e. The van der Waals surface area contributed by atoms with Gasteiger partial charge in [0.25, 0.3) is 0 Å². The van der Waals surface area contributed by atoms with Gasteiger partial charge in [-0.25, -0.2) is 13.2 Å². The summed E-state index contributed by atoms with van der Waals surface area (Å²) in [5, 5.41) is 0. The van der Waals surface area contributed by atoms with Crippen molar-refractivity contribution in [2.75, 3.05) is 6.61 Å². The van der Waals surface area contributed by atoms with Crippen LogP contribution in [0.3, 0.4) is 0 Å². The number of carbonyl (C=O) groups excluding carboxylic acids is 1. The molecule has 6 heteroatoms. The fraction of sp³-hybridized carbons (Fsp3) is 0.296. The van der Waals surface area contributed by atoms with Crippen LogP contribution in [0.5, 0.6) is 11.5 Å². The zero-order valence-corrected chi connectivity index (χ0v) is 18.3. The van der Waals surface area contributed by atoms with E-state index < -0.39 is 29.3 Å². The Hall–Kier alpha value is -3.28. The average molecular weight is 454 g/mol. The molecule has 1 aliphatic rings. The zero-order chi connectivity index (χ0) is 23.4. The van der Waals surface area contributed by atoms with E-state index in [1.807, 2.05) is 6.07 Å². The summed E-state index contributed by atoms with van der Waals surface area (Å²) in [5.74, 6) is -3.25. The van der Waals surface area contributed by atoms with Crippen LogP contribution in [0.1, 0.15) is 44.1 Å². The minimum absolute atomic E-state index is 0.143. The van der Waals surface area contributed by atoms with Gasteiger partial charge in [0.05, 0.1) is 12.5 Å². The van der Waals surface area contributed by atoms with Crippen molar-refractivity contribution < 1.29 is 27.4 Å². The van der Waals surface area contributed by atoms with Crippen LogP contribution in [0.2, 0.25) is 0 Å². The smallest absolute Gasteiger partial charge is 0.314 e. The van der Waals surface area contributed by atoms with E-state index in [1.54, 1.807) is 49.4 Å². The molecular formula is C27H25F3O3. The van der Waals surface area contributed by atoms with Gasteiger partial charge in [-0.2, -0.15) is 0 Å². The van der Waals surface area contributed by atoms with Crippen LogP contribution in [0, 0.1) is 23.4 Å². The molecule has 0 bridgehead atoms. The summed E-state index contributed by atoms with van der Waals surface area (Å²) in [6.07, 6.45) is 1.96. The fourth-order valence-electron chi connectivity index (χ4n) is 4.37. The lowest BCUT2D eigenvalue weighted by molar-refractivity contribution is -0.140. The molecule has 0 atom stereocenters. The van der Waals surface area contributed by atoms with Crippen LogP contribution in [-0.4, -0.2) is 12.6 Å². The molecule has 0 spiro atoms. The molecule has 1 saturated carbocycles. The fourth-order valence-corrected chi connectivity index (χ4v) is 4.37. The van der Waals surface area contributed by atoms with Crippen LogP contribution in [0.15, 0.2) is 60.7 Å². The monoisotopic (exact) mass is 454 g/mol. The van der Waals surface area contributed by atoms with Crippen LogP contribution in [0.4, 0.5) is 13.2 Å². The number of hydrogen-bond donors (Lipinski definition) is 0. The third-order valence-electron chi connectivity index (χ3n) is 6.12. The Balaban J connectivity index is 1.40. The quantitative estimate of drug-likeness (QED) is 0.296. The number of carbonyl (C=O) groups is 1. The second-order valence-corrected chi connectivity index (χ2v) is 8.19. The van der Waals surface area contributed by atoms with E-state index in [2.05, 4.69) is 0 Å². The van der Waals surface area contributed by atoms with Crippen molar-refractivity contribution in [3.8, 4) is 22.6 Å². The molecule has 0 N–H and O–H groups in total. The molecule has 1 fully saturated rings. The maximum absolute atomic E-state index is 14.9. The minimum atomic E-state index is -0.855. The van der Waals surface area contributed by atoms with E-state index >= 15 is 0 Å². The predicted octanol–water partition coefficient (Wildman–Crippen LogP) is 7.05. The highest BCUT2D eigenvalue weighted by Gasteiger charge is 2.31. The summed E-state index contributed by atoms with van der Waals surface area (Å²) in [4.78, 5) is 12.5. The van der Waals surface area contributed by atoms with Crippen molar-refractivity contribution in [3.63, 3.8) is 0 Å². The lowest BCUT2D eigenvalue weighted by Gasteiger charge is -2.28. The molecule has 0 radical (unpaired) electrons. The molecule has 33 heavy (non-hydrogen) atoms. The number of ether oxygens (including phenoxy) is 2. The van der Waals surface area contributed by atoms with Gasteiger partial charge in [0, 0.05) is 11.6 Å². The highest BCUT2D eigenvalue weighted by molar-refractivity contribution is 5.75. The Morgan fingerprint density at radius 2 is 1.64 bits per heavy atom. The molecule has 1 aliphatic carbocycles. The third-order valence-corrected chi connectivity index (χ3v) is 6.12. The van der Waals surface area contributed by atoms with Crippen molar-refractivity contribution in [1.82, 2.24) is 0 Å². The Morgan fingerprint density at radius 1 is 0.909 bits per heavy atom. The third kappa shape index (κ3) is 5.05. The van der Waals surface area contributed by atoms with Crippen LogP contribution in [0.25, 0.3) is 11.1 Å². The summed E-state index contributed by atoms with van der Waals surface area (Å²) < 4.78 is 54.3. The number of halogens is 3. The SMILES string of the molecule is CCOc1ccc(OC(=O)C2CCC(c3ccc(-c4ccccc4)c(F)c3F)CC2)c(F)c1. The van der Waals surface area contributed by atoms with Crippen molar-refractivity contribution in [1.29, 1.82) is 0 Å². The van der Waals surface area contributed by atoms with Crippen molar-refractivity contribution in [3.05, 3.63) is 83.7 Å². The minimum Gasteiger partial charge on any atom is -0.494 e. The van der Waals surface area contributed by atoms with Crippen molar-refractivity contribution in [2.45, 2.75) is 38.5 Å². The second kappa shape index (κ2) is 10.1. The molecule has 172 valence electrons. The Kier molecular flexibility index (Phi) is 7.02. The standard InChI is InChI=1S/C27H25F3O3/c1-2-32-20-12-15-24(23(28)16-20)33-27(31)19-10-8-18(9-11-19)22-14-13-21(25(29)26(22)30)17-6-4-3-5-7-17/h3-7,12-16,18-19H,2,8-11H2,1H3. The summed E-state index contributed by atoms with van der Waals surface area (Å²) in [6, 6.07) is 16.2. The molecule has 3 aromatic rings. The highest BCUT2D eigenvalue weighted by atomic mass is 19.2. The van der Waals surface area contributed by atoms with E-state index in [0.717, 1.165) is 0 Å². The molecule has 0 saturated heterocycles. The van der Waals surface area contributed by atoms with Crippen LogP contribution in [-0.2, 0) is 4.79 Å². The molecule has 3 nitrogen and oxygen atoms in total. The zero-order valence-electron chi connectivity index (χ0n) is 18.3. The average Bonchev–Trinajstić information content (AvgIpc) is 2.83. The van der Waals surface area contributed by atoms with Gasteiger partial charge in [-0.1, -0.05) is 42.5 Å². The summed E-state index contributed by atoms with van der Waals surface area (Å²) in [7, 11) is 0. The molecule has 0 amide bonds. The number of benzene rings is 3. The first-order valence-electron chi connectivity index (χ1n) is 11.1. The molecular weight excluding hydrogens is 429 g/mol. The number of rotatable bonds is 6.